The maximum Gasteiger partial charge on any atom is 0.0897 e. The minimum absolute atomic E-state index is 0.123. The van der Waals surface area contributed by atoms with Crippen LogP contribution < -0.4 is 15.3 Å². The summed E-state index contributed by atoms with van der Waals surface area (Å²) in [4.78, 5) is 1.65. The van der Waals surface area contributed by atoms with Crippen LogP contribution in [-0.2, 0) is 6.54 Å². The van der Waals surface area contributed by atoms with Crippen molar-refractivity contribution in [3.05, 3.63) is 27.7 Å². The van der Waals surface area contributed by atoms with Gasteiger partial charge in [-0.15, -0.1) is 0 Å². The standard InChI is InChI=1S/C13H18Cl2N2O/c14-11-7-10(13(18)12(15)8-11)9-16-3-6-17-4-1-2-5-17/h7-8,16,18H,1-6,9H2. The summed E-state index contributed by atoms with van der Waals surface area (Å²) >= 11 is 11.7. The highest BCUT2D eigenvalue weighted by molar-refractivity contribution is 6.35. The average molecular weight is 289 g/mol. The first-order chi connectivity index (χ1) is 8.66. The van der Waals surface area contributed by atoms with E-state index in [1.165, 1.54) is 32.0 Å². The molecule has 1 saturated heterocycles. The molecular formula is C13H18Cl2N2O. The topological polar surface area (TPSA) is 39.5 Å². The van der Waals surface area contributed by atoms with Gasteiger partial charge in [0.2, 0.25) is 0 Å². The van der Waals surface area contributed by atoms with Gasteiger partial charge in [-0.05, 0) is 17.7 Å². The molecule has 0 atom stereocenters. The van der Waals surface area contributed by atoms with Crippen molar-refractivity contribution in [2.45, 2.75) is 19.4 Å². The molecule has 0 unspecified atom stereocenters. The number of halogens is 2. The van der Waals surface area contributed by atoms with Crippen LogP contribution in [0, 0.1) is 0 Å². The molecule has 2 N–H and O–H groups in total. The first-order valence-electron chi connectivity index (χ1n) is 6.36. The summed E-state index contributed by atoms with van der Waals surface area (Å²) in [5.74, 6) is -0.123. The highest BCUT2D eigenvalue weighted by Gasteiger charge is 2.13. The Kier molecular flexibility index (Phi) is 5.13. The fourth-order valence-corrected chi connectivity index (χ4v) is 2.89. The van der Waals surface area contributed by atoms with E-state index in [1.807, 2.05) is 0 Å². The van der Waals surface area contributed by atoms with Crippen LogP contribution >= 0.6 is 23.2 Å². The molecule has 0 aromatic heterocycles. The first-order valence-corrected chi connectivity index (χ1v) is 7.11. The van der Waals surface area contributed by atoms with Crippen molar-refractivity contribution in [1.82, 2.24) is 5.32 Å². The SMILES string of the molecule is [O-]c1c(Cl)cc(Cl)cc1CNCC[NH+]1CCCC1. The van der Waals surface area contributed by atoms with Crippen molar-refractivity contribution >= 4 is 23.2 Å². The maximum atomic E-state index is 11.7. The summed E-state index contributed by atoms with van der Waals surface area (Å²) in [5, 5.41) is 15.7. The zero-order valence-electron chi connectivity index (χ0n) is 10.3. The number of hydrogen-bond acceptors (Lipinski definition) is 2. The Morgan fingerprint density at radius 2 is 1.94 bits per heavy atom. The number of hydrogen-bond donors (Lipinski definition) is 2. The number of nitrogens with one attached hydrogen (secondary N) is 2. The van der Waals surface area contributed by atoms with Gasteiger partial charge < -0.3 is 15.3 Å². The average Bonchev–Trinajstić information content (AvgIpc) is 2.83. The molecule has 2 rings (SSSR count). The maximum absolute atomic E-state index is 11.7. The Bertz CT molecular complexity index is 406. The lowest BCUT2D eigenvalue weighted by atomic mass is 10.2. The molecule has 1 aliphatic rings. The Balaban J connectivity index is 1.79. The molecule has 0 spiro atoms. The summed E-state index contributed by atoms with van der Waals surface area (Å²) in [7, 11) is 0. The van der Waals surface area contributed by atoms with E-state index in [1.54, 1.807) is 11.0 Å². The van der Waals surface area contributed by atoms with Crippen LogP contribution in [0.2, 0.25) is 10.0 Å². The fourth-order valence-electron chi connectivity index (χ4n) is 2.36. The molecule has 1 fully saturated rings. The van der Waals surface area contributed by atoms with E-state index in [0.29, 0.717) is 17.1 Å². The van der Waals surface area contributed by atoms with Gasteiger partial charge in [-0.3, -0.25) is 0 Å². The molecular weight excluding hydrogens is 271 g/mol. The van der Waals surface area contributed by atoms with Crippen molar-refractivity contribution < 1.29 is 10.0 Å². The van der Waals surface area contributed by atoms with Crippen LogP contribution in [0.4, 0.5) is 0 Å². The van der Waals surface area contributed by atoms with Gasteiger partial charge in [-0.25, -0.2) is 0 Å². The Morgan fingerprint density at radius 3 is 2.67 bits per heavy atom. The first kappa shape index (κ1) is 13.9. The van der Waals surface area contributed by atoms with E-state index in [4.69, 9.17) is 23.2 Å². The van der Waals surface area contributed by atoms with Crippen LogP contribution in [0.15, 0.2) is 12.1 Å². The highest BCUT2D eigenvalue weighted by Crippen LogP contribution is 2.28. The lowest BCUT2D eigenvalue weighted by Crippen LogP contribution is -3.10. The number of quaternary nitrogens is 1. The van der Waals surface area contributed by atoms with Crippen LogP contribution in [-0.4, -0.2) is 26.2 Å². The Labute approximate surface area is 118 Å². The third-order valence-electron chi connectivity index (χ3n) is 3.37. The molecule has 1 aliphatic heterocycles. The smallest absolute Gasteiger partial charge is 0.0897 e. The predicted octanol–water partition coefficient (Wildman–Crippen LogP) is 0.835. The van der Waals surface area contributed by atoms with Gasteiger partial charge in [0.05, 0.1) is 19.6 Å². The van der Waals surface area contributed by atoms with Gasteiger partial charge in [0.25, 0.3) is 0 Å². The lowest BCUT2D eigenvalue weighted by Gasteiger charge is -2.17. The van der Waals surface area contributed by atoms with Gasteiger partial charge in [0.1, 0.15) is 0 Å². The molecule has 0 aliphatic carbocycles. The minimum Gasteiger partial charge on any atom is -0.871 e. The van der Waals surface area contributed by atoms with E-state index < -0.39 is 0 Å². The normalized spacial score (nSPS) is 16.3. The predicted molar refractivity (Wildman–Crippen MR) is 72.4 cm³/mol. The third-order valence-corrected chi connectivity index (χ3v) is 3.87. The molecule has 1 aromatic carbocycles. The van der Waals surface area contributed by atoms with Crippen LogP contribution in [0.1, 0.15) is 18.4 Å². The van der Waals surface area contributed by atoms with Crippen molar-refractivity contribution in [2.24, 2.45) is 0 Å². The molecule has 5 heteroatoms. The Morgan fingerprint density at radius 1 is 1.22 bits per heavy atom. The molecule has 3 nitrogen and oxygen atoms in total. The minimum atomic E-state index is -0.123. The van der Waals surface area contributed by atoms with Gasteiger partial charge in [-0.2, -0.15) is 0 Å². The molecule has 0 radical (unpaired) electrons. The second-order valence-corrected chi connectivity index (χ2v) is 5.60. The van der Waals surface area contributed by atoms with Crippen molar-refractivity contribution in [2.75, 3.05) is 26.2 Å². The van der Waals surface area contributed by atoms with E-state index in [0.717, 1.165) is 13.1 Å². The second-order valence-electron chi connectivity index (χ2n) is 4.76. The van der Waals surface area contributed by atoms with Crippen molar-refractivity contribution in [1.29, 1.82) is 0 Å². The number of likely N-dealkylation sites (tertiary alicyclic amines) is 1. The molecule has 18 heavy (non-hydrogen) atoms. The monoisotopic (exact) mass is 288 g/mol. The fraction of sp³-hybridized carbons (Fsp3) is 0.538. The van der Waals surface area contributed by atoms with Gasteiger partial charge in [0, 0.05) is 36.0 Å². The van der Waals surface area contributed by atoms with Gasteiger partial charge >= 0.3 is 0 Å². The summed E-state index contributed by atoms with van der Waals surface area (Å²) in [6.07, 6.45) is 2.67. The van der Waals surface area contributed by atoms with E-state index in [-0.39, 0.29) is 10.8 Å². The third kappa shape index (κ3) is 3.75. The summed E-state index contributed by atoms with van der Waals surface area (Å²) < 4.78 is 0. The van der Waals surface area contributed by atoms with E-state index >= 15 is 0 Å². The summed E-state index contributed by atoms with van der Waals surface area (Å²) in [5.41, 5.74) is 0.643. The molecule has 1 heterocycles. The summed E-state index contributed by atoms with van der Waals surface area (Å²) in [6.45, 7) is 5.11. The molecule has 0 amide bonds. The lowest BCUT2D eigenvalue weighted by molar-refractivity contribution is -0.886. The van der Waals surface area contributed by atoms with Crippen LogP contribution in [0.3, 0.4) is 0 Å². The van der Waals surface area contributed by atoms with Crippen molar-refractivity contribution in [3.8, 4) is 5.75 Å². The largest absolute Gasteiger partial charge is 0.871 e. The van der Waals surface area contributed by atoms with Crippen LogP contribution in [0.25, 0.3) is 0 Å². The molecule has 1 aromatic rings. The number of rotatable bonds is 5. The van der Waals surface area contributed by atoms with Gasteiger partial charge in [0.15, 0.2) is 0 Å². The van der Waals surface area contributed by atoms with E-state index in [9.17, 15) is 5.11 Å². The summed E-state index contributed by atoms with van der Waals surface area (Å²) in [6, 6.07) is 3.18. The van der Waals surface area contributed by atoms with Gasteiger partial charge in [-0.1, -0.05) is 29.0 Å². The second kappa shape index (κ2) is 6.62. The highest BCUT2D eigenvalue weighted by atomic mass is 35.5. The van der Waals surface area contributed by atoms with Crippen molar-refractivity contribution in [3.63, 3.8) is 0 Å². The van der Waals surface area contributed by atoms with E-state index in [2.05, 4.69) is 5.32 Å². The molecule has 0 saturated carbocycles. The Hall–Kier alpha value is -0.480. The number of benzene rings is 1. The zero-order chi connectivity index (χ0) is 13.0. The zero-order valence-corrected chi connectivity index (χ0v) is 11.8. The molecule has 0 bridgehead atoms. The molecule has 100 valence electrons. The van der Waals surface area contributed by atoms with Crippen LogP contribution in [0.5, 0.6) is 5.75 Å². The quantitative estimate of drug-likeness (QED) is 0.788.